The zero-order valence-electron chi connectivity index (χ0n) is 12.6. The summed E-state index contributed by atoms with van der Waals surface area (Å²) in [5.41, 5.74) is 2.61. The first-order valence-electron chi connectivity index (χ1n) is 7.43. The molecular weight excluding hydrogens is 280 g/mol. The Hall–Kier alpha value is -2.34. The highest BCUT2D eigenvalue weighted by molar-refractivity contribution is 5.75. The van der Waals surface area contributed by atoms with Crippen molar-refractivity contribution in [1.29, 1.82) is 0 Å². The Bertz CT molecular complexity index is 633. The molecule has 22 heavy (non-hydrogen) atoms. The van der Waals surface area contributed by atoms with E-state index in [4.69, 9.17) is 0 Å². The van der Waals surface area contributed by atoms with Gasteiger partial charge in [0.2, 0.25) is 0 Å². The van der Waals surface area contributed by atoms with Crippen molar-refractivity contribution in [2.24, 2.45) is 0 Å². The van der Waals surface area contributed by atoms with E-state index in [1.54, 1.807) is 6.33 Å². The van der Waals surface area contributed by atoms with Crippen molar-refractivity contribution in [3.8, 4) is 0 Å². The van der Waals surface area contributed by atoms with E-state index < -0.39 is 12.0 Å². The van der Waals surface area contributed by atoms with Gasteiger partial charge in [-0.25, -0.2) is 4.98 Å². The van der Waals surface area contributed by atoms with Gasteiger partial charge in [0, 0.05) is 37.6 Å². The van der Waals surface area contributed by atoms with Crippen molar-refractivity contribution in [2.45, 2.75) is 13.0 Å². The lowest BCUT2D eigenvalue weighted by molar-refractivity contribution is -0.144. The number of imidazole rings is 1. The normalized spacial score (nSPS) is 17.4. The monoisotopic (exact) mass is 300 g/mol. The minimum absolute atomic E-state index is 0.612. The summed E-state index contributed by atoms with van der Waals surface area (Å²) in [6.45, 7) is 4.91. The van der Waals surface area contributed by atoms with Crippen molar-refractivity contribution in [3.63, 3.8) is 0 Å². The molecule has 0 aliphatic carbocycles. The zero-order valence-corrected chi connectivity index (χ0v) is 12.6. The van der Waals surface area contributed by atoms with Crippen LogP contribution in [0.25, 0.3) is 0 Å². The van der Waals surface area contributed by atoms with Gasteiger partial charge in [-0.05, 0) is 19.1 Å². The molecule has 6 heteroatoms. The average Bonchev–Trinajstić information content (AvgIpc) is 2.95. The van der Waals surface area contributed by atoms with Crippen LogP contribution in [-0.4, -0.2) is 52.1 Å². The third kappa shape index (κ3) is 2.82. The lowest BCUT2D eigenvalue weighted by Crippen LogP contribution is -2.49. The number of aliphatic carboxylic acids is 1. The molecule has 6 nitrogen and oxygen atoms in total. The van der Waals surface area contributed by atoms with Crippen LogP contribution >= 0.6 is 0 Å². The topological polar surface area (TPSA) is 72.5 Å². The highest BCUT2D eigenvalue weighted by atomic mass is 16.4. The van der Waals surface area contributed by atoms with Gasteiger partial charge in [0.15, 0.2) is 6.04 Å². The molecular formula is C16H20N4O2. The summed E-state index contributed by atoms with van der Waals surface area (Å²) in [7, 11) is 0. The molecule has 0 bridgehead atoms. The number of benzene rings is 1. The molecule has 1 aliphatic heterocycles. The third-order valence-electron chi connectivity index (χ3n) is 4.16. The maximum Gasteiger partial charge on any atom is 0.327 e. The maximum atomic E-state index is 11.7. The number of nitrogens with one attached hydrogen (secondary N) is 1. The summed E-state index contributed by atoms with van der Waals surface area (Å²) < 4.78 is 0. The van der Waals surface area contributed by atoms with Crippen molar-refractivity contribution >= 4 is 11.7 Å². The molecule has 0 amide bonds. The Morgan fingerprint density at radius 2 is 1.91 bits per heavy atom. The number of nitrogens with zero attached hydrogens (tertiary/aromatic N) is 3. The first-order valence-corrected chi connectivity index (χ1v) is 7.43. The van der Waals surface area contributed by atoms with Gasteiger partial charge in [0.05, 0.1) is 12.0 Å². The van der Waals surface area contributed by atoms with E-state index in [9.17, 15) is 9.90 Å². The van der Waals surface area contributed by atoms with E-state index in [0.29, 0.717) is 18.8 Å². The highest BCUT2D eigenvalue weighted by Crippen LogP contribution is 2.24. The highest BCUT2D eigenvalue weighted by Gasteiger charge is 2.32. The largest absolute Gasteiger partial charge is 0.480 e. The second-order valence-electron chi connectivity index (χ2n) is 5.51. The van der Waals surface area contributed by atoms with Crippen LogP contribution in [-0.2, 0) is 4.79 Å². The molecule has 1 aromatic carbocycles. The second-order valence-corrected chi connectivity index (χ2v) is 5.51. The Morgan fingerprint density at radius 1 is 1.23 bits per heavy atom. The molecule has 1 aromatic heterocycles. The van der Waals surface area contributed by atoms with Crippen LogP contribution in [0.5, 0.6) is 0 Å². The first kappa shape index (κ1) is 14.6. The van der Waals surface area contributed by atoms with E-state index >= 15 is 0 Å². The van der Waals surface area contributed by atoms with Crippen molar-refractivity contribution < 1.29 is 9.90 Å². The average molecular weight is 300 g/mol. The van der Waals surface area contributed by atoms with E-state index in [0.717, 1.165) is 18.8 Å². The quantitative estimate of drug-likeness (QED) is 0.898. The summed E-state index contributed by atoms with van der Waals surface area (Å²) in [6.07, 6.45) is 1.56. The number of hydrogen-bond acceptors (Lipinski definition) is 4. The lowest BCUT2D eigenvalue weighted by Gasteiger charge is -2.38. The lowest BCUT2D eigenvalue weighted by atomic mass is 10.1. The van der Waals surface area contributed by atoms with Gasteiger partial charge >= 0.3 is 5.97 Å². The molecule has 1 fully saturated rings. The van der Waals surface area contributed by atoms with E-state index in [1.165, 1.54) is 5.69 Å². The molecule has 2 N–H and O–H groups in total. The molecule has 1 unspecified atom stereocenters. The van der Waals surface area contributed by atoms with Crippen LogP contribution in [0.2, 0.25) is 0 Å². The summed E-state index contributed by atoms with van der Waals surface area (Å²) in [5.74, 6) is -0.844. The smallest absolute Gasteiger partial charge is 0.327 e. The van der Waals surface area contributed by atoms with E-state index in [2.05, 4.69) is 27.0 Å². The first-order chi connectivity index (χ1) is 10.7. The molecule has 1 aliphatic rings. The van der Waals surface area contributed by atoms with Gasteiger partial charge < -0.3 is 15.0 Å². The Balaban J connectivity index is 1.72. The van der Waals surface area contributed by atoms with Crippen LogP contribution in [0, 0.1) is 6.92 Å². The minimum atomic E-state index is -0.844. The van der Waals surface area contributed by atoms with E-state index in [1.807, 2.05) is 30.0 Å². The number of rotatable bonds is 4. The molecule has 0 radical (unpaired) electrons. The van der Waals surface area contributed by atoms with Gasteiger partial charge in [-0.1, -0.05) is 18.2 Å². The standard InChI is InChI=1S/C16H20N4O2/c1-12-14(18-11-17-12)15(16(21)22)20-9-7-19(8-10-20)13-5-3-2-4-6-13/h2-6,11,15H,7-10H2,1H3,(H,17,18)(H,21,22). The van der Waals surface area contributed by atoms with Crippen LogP contribution in [0.3, 0.4) is 0 Å². The fourth-order valence-corrected chi connectivity index (χ4v) is 2.97. The number of carboxylic acid groups (broad SMARTS) is 1. The van der Waals surface area contributed by atoms with Crippen LogP contribution < -0.4 is 4.90 Å². The molecule has 2 heterocycles. The number of H-pyrrole nitrogens is 1. The Kier molecular flexibility index (Phi) is 4.11. The third-order valence-corrected chi connectivity index (χ3v) is 4.16. The van der Waals surface area contributed by atoms with Gasteiger partial charge in [0.1, 0.15) is 0 Å². The van der Waals surface area contributed by atoms with Crippen LogP contribution in [0.4, 0.5) is 5.69 Å². The van der Waals surface area contributed by atoms with Gasteiger partial charge in [-0.2, -0.15) is 0 Å². The number of hydrogen-bond donors (Lipinski definition) is 2. The number of carbonyl (C=O) groups is 1. The maximum absolute atomic E-state index is 11.7. The van der Waals surface area contributed by atoms with E-state index in [-0.39, 0.29) is 0 Å². The fourth-order valence-electron chi connectivity index (χ4n) is 2.97. The predicted octanol–water partition coefficient (Wildman–Crippen LogP) is 1.67. The fraction of sp³-hybridized carbons (Fsp3) is 0.375. The number of piperazine rings is 1. The number of anilines is 1. The number of aromatic nitrogens is 2. The molecule has 1 atom stereocenters. The van der Waals surface area contributed by atoms with Gasteiger partial charge in [0.25, 0.3) is 0 Å². The summed E-state index contributed by atoms with van der Waals surface area (Å²) in [5, 5.41) is 9.60. The molecule has 0 spiro atoms. The summed E-state index contributed by atoms with van der Waals surface area (Å²) >= 11 is 0. The molecule has 0 saturated carbocycles. The number of aromatic amines is 1. The van der Waals surface area contributed by atoms with Crippen molar-refractivity contribution in [2.75, 3.05) is 31.1 Å². The van der Waals surface area contributed by atoms with Crippen molar-refractivity contribution in [3.05, 3.63) is 48.0 Å². The minimum Gasteiger partial charge on any atom is -0.480 e. The summed E-state index contributed by atoms with van der Waals surface area (Å²) in [4.78, 5) is 23.1. The molecule has 116 valence electrons. The Labute approximate surface area is 129 Å². The number of para-hydroxylation sites is 1. The van der Waals surface area contributed by atoms with Crippen LogP contribution in [0.15, 0.2) is 36.7 Å². The zero-order chi connectivity index (χ0) is 15.5. The second kappa shape index (κ2) is 6.19. The number of carboxylic acids is 1. The number of aryl methyl sites for hydroxylation is 1. The van der Waals surface area contributed by atoms with Crippen molar-refractivity contribution in [1.82, 2.24) is 14.9 Å². The summed E-state index contributed by atoms with van der Waals surface area (Å²) in [6, 6.07) is 9.54. The molecule has 1 saturated heterocycles. The van der Waals surface area contributed by atoms with Gasteiger partial charge in [-0.15, -0.1) is 0 Å². The SMILES string of the molecule is Cc1[nH]cnc1C(C(=O)O)N1CCN(c2ccccc2)CC1. The van der Waals surface area contributed by atoms with Crippen LogP contribution in [0.1, 0.15) is 17.4 Å². The van der Waals surface area contributed by atoms with Gasteiger partial charge in [-0.3, -0.25) is 9.69 Å². The Morgan fingerprint density at radius 3 is 2.45 bits per heavy atom. The predicted molar refractivity (Wildman–Crippen MR) is 83.9 cm³/mol. The molecule has 2 aromatic rings. The molecule has 3 rings (SSSR count).